The van der Waals surface area contributed by atoms with E-state index in [1.165, 1.54) is 10.9 Å². The van der Waals surface area contributed by atoms with Crippen LogP contribution in [0.2, 0.25) is 0 Å². The summed E-state index contributed by atoms with van der Waals surface area (Å²) in [7, 11) is -2.79. The van der Waals surface area contributed by atoms with E-state index in [1.807, 2.05) is 6.26 Å². The van der Waals surface area contributed by atoms with Gasteiger partial charge in [-0.15, -0.1) is 9.42 Å². The van der Waals surface area contributed by atoms with E-state index >= 15 is 0 Å². The summed E-state index contributed by atoms with van der Waals surface area (Å²) in [5.74, 6) is 0.915. The van der Waals surface area contributed by atoms with Gasteiger partial charge in [0, 0.05) is 29.0 Å². The van der Waals surface area contributed by atoms with Crippen molar-refractivity contribution < 1.29 is 37.0 Å². The molecule has 0 aliphatic carbocycles. The first-order valence-electron chi connectivity index (χ1n) is 9.47. The number of rotatable bonds is 11. The largest absolute Gasteiger partial charge is 0.694 e. The van der Waals surface area contributed by atoms with E-state index in [0.717, 1.165) is 17.5 Å². The van der Waals surface area contributed by atoms with Gasteiger partial charge in [0.2, 0.25) is 0 Å². The van der Waals surface area contributed by atoms with Crippen molar-refractivity contribution in [3.05, 3.63) is 6.33 Å². The second kappa shape index (κ2) is 11.3. The van der Waals surface area contributed by atoms with Gasteiger partial charge in [0.05, 0.1) is 18.9 Å². The molecular formula is C16H22F3N5O5PS2+. The molecule has 1 saturated heterocycles. The van der Waals surface area contributed by atoms with Crippen LogP contribution in [-0.2, 0) is 13.8 Å². The van der Waals surface area contributed by atoms with Crippen LogP contribution in [0.4, 0.5) is 19.0 Å². The Morgan fingerprint density at radius 1 is 1.41 bits per heavy atom. The number of alkyl halides is 3. The molecule has 2 aromatic rings. The maximum absolute atomic E-state index is 12.5. The van der Waals surface area contributed by atoms with E-state index in [-0.39, 0.29) is 23.9 Å². The number of ether oxygens (including phenoxy) is 1. The molecule has 10 nitrogen and oxygen atoms in total. The van der Waals surface area contributed by atoms with Gasteiger partial charge in [-0.1, -0.05) is 11.8 Å². The third-order valence-corrected chi connectivity index (χ3v) is 6.26. The monoisotopic (exact) mass is 516 g/mol. The normalized spacial score (nSPS) is 21.9. The Kier molecular flexibility index (Phi) is 8.95. The highest BCUT2D eigenvalue weighted by Crippen LogP contribution is 2.34. The molecule has 16 heteroatoms. The van der Waals surface area contributed by atoms with Crippen LogP contribution in [0, 0.1) is 0 Å². The van der Waals surface area contributed by atoms with Gasteiger partial charge in [0.1, 0.15) is 12.7 Å². The molecule has 32 heavy (non-hydrogen) atoms. The second-order valence-electron chi connectivity index (χ2n) is 6.80. The van der Waals surface area contributed by atoms with Crippen molar-refractivity contribution in [2.45, 2.75) is 42.6 Å². The van der Waals surface area contributed by atoms with Crippen LogP contribution in [0.25, 0.3) is 11.2 Å². The van der Waals surface area contributed by atoms with E-state index in [1.54, 1.807) is 11.8 Å². The lowest BCUT2D eigenvalue weighted by Gasteiger charge is -2.17. The Labute approximate surface area is 190 Å². The van der Waals surface area contributed by atoms with Crippen LogP contribution in [0.3, 0.4) is 0 Å². The predicted octanol–water partition coefficient (Wildman–Crippen LogP) is 2.96. The van der Waals surface area contributed by atoms with Crippen molar-refractivity contribution in [3.63, 3.8) is 0 Å². The molecule has 178 valence electrons. The summed E-state index contributed by atoms with van der Waals surface area (Å²) in [6, 6.07) is 0. The lowest BCUT2D eigenvalue weighted by molar-refractivity contribution is -0.129. The molecule has 0 bridgehead atoms. The van der Waals surface area contributed by atoms with Crippen LogP contribution < -0.4 is 5.32 Å². The maximum atomic E-state index is 12.5. The quantitative estimate of drug-likeness (QED) is 0.176. The van der Waals surface area contributed by atoms with Gasteiger partial charge in [-0.3, -0.25) is 4.57 Å². The zero-order chi connectivity index (χ0) is 23.3. The summed E-state index contributed by atoms with van der Waals surface area (Å²) in [5.41, 5.74) is 0.681. The molecule has 0 spiro atoms. The van der Waals surface area contributed by atoms with Crippen LogP contribution in [0.1, 0.15) is 19.1 Å². The molecule has 3 rings (SSSR count). The van der Waals surface area contributed by atoms with Crippen LogP contribution in [-0.4, -0.2) is 78.8 Å². The van der Waals surface area contributed by atoms with E-state index in [2.05, 4.69) is 24.8 Å². The summed E-state index contributed by atoms with van der Waals surface area (Å²) in [6.45, 7) is 0.384. The minimum absolute atomic E-state index is 0.139. The fourth-order valence-electron chi connectivity index (χ4n) is 3.03. The SMILES string of the molecule is CSCCNc1nc(SCCC(F)(F)F)nc2c1ncn2[C@@H]1O[C@H](CO[P+](=O)O)C[C@H]1O. The maximum Gasteiger partial charge on any atom is 0.694 e. The van der Waals surface area contributed by atoms with Gasteiger partial charge in [-0.05, 0) is 6.26 Å². The number of thioether (sulfide) groups is 2. The number of hydrogen-bond donors (Lipinski definition) is 3. The molecule has 0 radical (unpaired) electrons. The van der Waals surface area contributed by atoms with Crippen molar-refractivity contribution in [1.29, 1.82) is 0 Å². The Hall–Kier alpha value is -1.22. The lowest BCUT2D eigenvalue weighted by Crippen LogP contribution is -2.19. The predicted molar refractivity (Wildman–Crippen MR) is 114 cm³/mol. The summed E-state index contributed by atoms with van der Waals surface area (Å²) < 4.78 is 60.2. The van der Waals surface area contributed by atoms with Crippen LogP contribution in [0.5, 0.6) is 0 Å². The number of imidazole rings is 1. The molecule has 1 aliphatic heterocycles. The number of hydrogen-bond acceptors (Lipinski definition) is 10. The fourth-order valence-corrected chi connectivity index (χ4v) is 4.46. The topological polar surface area (TPSA) is 132 Å². The van der Waals surface area contributed by atoms with Gasteiger partial charge in [0.15, 0.2) is 28.4 Å². The molecule has 1 aliphatic rings. The van der Waals surface area contributed by atoms with Crippen molar-refractivity contribution in [2.24, 2.45) is 0 Å². The Morgan fingerprint density at radius 3 is 2.88 bits per heavy atom. The Morgan fingerprint density at radius 2 is 2.19 bits per heavy atom. The smallest absolute Gasteiger partial charge is 0.388 e. The summed E-state index contributed by atoms with van der Waals surface area (Å²) in [6.07, 6.45) is -4.24. The summed E-state index contributed by atoms with van der Waals surface area (Å²) >= 11 is 2.49. The molecule has 3 N–H and O–H groups in total. The molecule has 2 aromatic heterocycles. The van der Waals surface area contributed by atoms with Crippen molar-refractivity contribution in [2.75, 3.05) is 36.2 Å². The van der Waals surface area contributed by atoms with E-state index in [9.17, 15) is 22.8 Å². The zero-order valence-electron chi connectivity index (χ0n) is 16.9. The number of anilines is 1. The van der Waals surface area contributed by atoms with Gasteiger partial charge in [-0.25, -0.2) is 15.0 Å². The van der Waals surface area contributed by atoms with E-state index in [4.69, 9.17) is 9.63 Å². The van der Waals surface area contributed by atoms with Gasteiger partial charge in [0.25, 0.3) is 0 Å². The van der Waals surface area contributed by atoms with Gasteiger partial charge >= 0.3 is 14.4 Å². The first-order valence-corrected chi connectivity index (χ1v) is 13.0. The number of aliphatic hydroxyl groups is 1. The summed E-state index contributed by atoms with van der Waals surface area (Å²) in [5, 5.41) is 13.7. The lowest BCUT2D eigenvalue weighted by atomic mass is 10.2. The molecule has 3 heterocycles. The van der Waals surface area contributed by atoms with Crippen molar-refractivity contribution >= 4 is 48.8 Å². The highest BCUT2D eigenvalue weighted by molar-refractivity contribution is 7.99. The van der Waals surface area contributed by atoms with Crippen molar-refractivity contribution in [3.8, 4) is 0 Å². The minimum atomic E-state index is -4.28. The number of aromatic nitrogens is 4. The minimum Gasteiger partial charge on any atom is -0.388 e. The molecule has 1 fully saturated rings. The number of fused-ring (bicyclic) bond motifs is 1. The van der Waals surface area contributed by atoms with Gasteiger partial charge < -0.3 is 15.2 Å². The first kappa shape index (κ1) is 25.4. The first-order chi connectivity index (χ1) is 15.2. The van der Waals surface area contributed by atoms with E-state index in [0.29, 0.717) is 23.5 Å². The highest BCUT2D eigenvalue weighted by atomic mass is 32.2. The fraction of sp³-hybridized carbons (Fsp3) is 0.688. The standard InChI is InChI=1S/C16H21F3N5O5PS2/c1-31-5-3-20-12-11-13(23-15(22-12)32-4-2-16(17,18)19)24(8-21-11)14-10(25)6-9(29-14)7-28-30(26)27/h8-10,14,25H,2-7H2,1H3,(H-,20,22,23,26,27)/p+1/t9-,10+,14+/m0/s1. The molecule has 0 saturated carbocycles. The van der Waals surface area contributed by atoms with Crippen LogP contribution in [0.15, 0.2) is 11.5 Å². The number of aliphatic hydroxyl groups excluding tert-OH is 1. The third kappa shape index (κ3) is 6.89. The zero-order valence-corrected chi connectivity index (χ0v) is 19.4. The van der Waals surface area contributed by atoms with Crippen molar-refractivity contribution in [1.82, 2.24) is 19.5 Å². The highest BCUT2D eigenvalue weighted by Gasteiger charge is 2.38. The molecular weight excluding hydrogens is 494 g/mol. The van der Waals surface area contributed by atoms with Gasteiger partial charge in [-0.2, -0.15) is 24.9 Å². The Bertz CT molecular complexity index is 937. The number of nitrogens with zero attached hydrogens (tertiary/aromatic N) is 4. The second-order valence-corrected chi connectivity index (χ2v) is 9.58. The number of halogens is 3. The molecule has 4 atom stereocenters. The Balaban J connectivity index is 1.85. The average Bonchev–Trinajstić information content (AvgIpc) is 3.28. The molecule has 0 aromatic carbocycles. The summed E-state index contributed by atoms with van der Waals surface area (Å²) in [4.78, 5) is 21.8. The van der Waals surface area contributed by atoms with E-state index < -0.39 is 39.3 Å². The number of nitrogens with one attached hydrogen (secondary N) is 1. The molecule has 1 unspecified atom stereocenters. The van der Waals surface area contributed by atoms with Crippen LogP contribution >= 0.6 is 31.8 Å². The molecule has 0 amide bonds. The average molecular weight is 516 g/mol. The third-order valence-electron chi connectivity index (χ3n) is 4.43.